The van der Waals surface area contributed by atoms with Gasteiger partial charge in [0.1, 0.15) is 5.01 Å². The second kappa shape index (κ2) is 8.60. The topological polar surface area (TPSA) is 109 Å². The number of nitrogens with one attached hydrogen (secondary N) is 1. The molecule has 0 spiro atoms. The molecule has 0 radical (unpaired) electrons. The van der Waals surface area contributed by atoms with Crippen molar-refractivity contribution in [3.63, 3.8) is 0 Å². The third-order valence-electron chi connectivity index (χ3n) is 4.80. The molecule has 8 heteroatoms. The summed E-state index contributed by atoms with van der Waals surface area (Å²) in [7, 11) is 0. The quantitative estimate of drug-likeness (QED) is 0.696. The first-order valence-electron chi connectivity index (χ1n) is 9.00. The minimum Gasteiger partial charge on any atom is -0.390 e. The Hall–Kier alpha value is -2.29. The molecule has 1 aliphatic rings. The second-order valence-electron chi connectivity index (χ2n) is 6.67. The van der Waals surface area contributed by atoms with Gasteiger partial charge in [-0.25, -0.2) is 4.98 Å². The fourth-order valence-electron chi connectivity index (χ4n) is 3.22. The molecule has 0 aliphatic carbocycles. The predicted molar refractivity (Wildman–Crippen MR) is 104 cm³/mol. The van der Waals surface area contributed by atoms with Crippen molar-refractivity contribution in [3.8, 4) is 0 Å². The van der Waals surface area contributed by atoms with Crippen LogP contribution in [0, 0.1) is 0 Å². The van der Waals surface area contributed by atoms with Gasteiger partial charge in [0.2, 0.25) is 0 Å². The largest absolute Gasteiger partial charge is 0.390 e. The number of carbonyl (C=O) groups excluding carboxylic acids is 2. The first kappa shape index (κ1) is 19.5. The van der Waals surface area contributed by atoms with Gasteiger partial charge in [0.05, 0.1) is 18.2 Å². The van der Waals surface area contributed by atoms with Crippen LogP contribution in [0.1, 0.15) is 51.5 Å². The number of hydrogen-bond donors (Lipinski definition) is 3. The van der Waals surface area contributed by atoms with Crippen molar-refractivity contribution in [2.24, 2.45) is 5.73 Å². The number of nitrogens with zero attached hydrogens (tertiary/aromatic N) is 2. The second-order valence-corrected chi connectivity index (χ2v) is 7.60. The van der Waals surface area contributed by atoms with E-state index in [1.807, 2.05) is 10.3 Å². The average molecular weight is 388 g/mol. The van der Waals surface area contributed by atoms with Crippen molar-refractivity contribution in [2.75, 3.05) is 13.1 Å². The molecule has 0 bridgehead atoms. The Kier molecular flexibility index (Phi) is 6.20. The first-order valence-corrected chi connectivity index (χ1v) is 9.88. The molecule has 144 valence electrons. The predicted octanol–water partition coefficient (Wildman–Crippen LogP) is 1.56. The van der Waals surface area contributed by atoms with Crippen molar-refractivity contribution in [1.82, 2.24) is 15.2 Å². The molecular weight excluding hydrogens is 364 g/mol. The highest BCUT2D eigenvalue weighted by molar-refractivity contribution is 7.09. The van der Waals surface area contributed by atoms with Crippen LogP contribution in [0.4, 0.5) is 0 Å². The van der Waals surface area contributed by atoms with Crippen LogP contribution in [0.25, 0.3) is 0 Å². The smallest absolute Gasteiger partial charge is 0.254 e. The Morgan fingerprint density at radius 1 is 1.44 bits per heavy atom. The summed E-state index contributed by atoms with van der Waals surface area (Å²) in [5.74, 6) is -0.445. The van der Waals surface area contributed by atoms with Crippen molar-refractivity contribution in [1.29, 1.82) is 0 Å². The molecule has 4 N–H and O–H groups in total. The van der Waals surface area contributed by atoms with Crippen molar-refractivity contribution >= 4 is 23.2 Å². The van der Waals surface area contributed by atoms with Gasteiger partial charge in [-0.1, -0.05) is 6.07 Å². The van der Waals surface area contributed by atoms with Gasteiger partial charge in [0.25, 0.3) is 11.8 Å². The lowest BCUT2D eigenvalue weighted by Gasteiger charge is -2.23. The lowest BCUT2D eigenvalue weighted by molar-refractivity contribution is 0.0735. The normalized spacial score (nSPS) is 18.9. The Bertz CT molecular complexity index is 796. The van der Waals surface area contributed by atoms with Gasteiger partial charge in [0.15, 0.2) is 0 Å². The van der Waals surface area contributed by atoms with E-state index in [4.69, 9.17) is 5.73 Å². The molecule has 2 aromatic rings. The molecular formula is C19H24N4O3S. The molecule has 1 fully saturated rings. The van der Waals surface area contributed by atoms with Crippen LogP contribution >= 0.6 is 11.3 Å². The van der Waals surface area contributed by atoms with Crippen LogP contribution in [-0.2, 0) is 0 Å². The number of amides is 2. The van der Waals surface area contributed by atoms with Gasteiger partial charge >= 0.3 is 0 Å². The number of aliphatic hydroxyl groups is 1. The number of benzene rings is 1. The summed E-state index contributed by atoms with van der Waals surface area (Å²) in [5, 5.41) is 15.3. The van der Waals surface area contributed by atoms with Crippen LogP contribution in [0.5, 0.6) is 0 Å². The lowest BCUT2D eigenvalue weighted by Crippen LogP contribution is -2.44. The number of likely N-dealkylation sites (tertiary alicyclic amines) is 1. The van der Waals surface area contributed by atoms with E-state index in [-0.39, 0.29) is 24.4 Å². The van der Waals surface area contributed by atoms with Gasteiger partial charge in [-0.05, 0) is 38.0 Å². The average Bonchev–Trinajstić information content (AvgIpc) is 3.37. The molecule has 27 heavy (non-hydrogen) atoms. The summed E-state index contributed by atoms with van der Waals surface area (Å²) >= 11 is 1.55. The Labute approximate surface area is 162 Å². The van der Waals surface area contributed by atoms with E-state index in [1.54, 1.807) is 48.7 Å². The fourth-order valence-corrected chi connectivity index (χ4v) is 4.00. The van der Waals surface area contributed by atoms with Crippen LogP contribution < -0.4 is 11.1 Å². The minimum atomic E-state index is -0.817. The van der Waals surface area contributed by atoms with E-state index < -0.39 is 12.1 Å². The molecule has 3 rings (SSSR count). The standard InChI is InChI=1S/C19H24N4O3S/c1-12(16(24)11-20)22-17(25)13-4-2-5-14(10-13)19(26)23-8-3-6-15(23)18-21-7-9-27-18/h2,4-5,7,9-10,12,15-16,24H,3,6,8,11,20H2,1H3,(H,22,25). The molecule has 1 saturated heterocycles. The van der Waals surface area contributed by atoms with Crippen LogP contribution in [0.3, 0.4) is 0 Å². The summed E-state index contributed by atoms with van der Waals surface area (Å²) in [5.41, 5.74) is 6.27. The first-order chi connectivity index (χ1) is 13.0. The summed E-state index contributed by atoms with van der Waals surface area (Å²) in [6, 6.07) is 6.17. The van der Waals surface area contributed by atoms with Crippen LogP contribution in [-0.4, -0.2) is 52.0 Å². The highest BCUT2D eigenvalue weighted by Gasteiger charge is 2.32. The maximum absolute atomic E-state index is 13.0. The molecule has 0 saturated carbocycles. The number of hydrogen-bond acceptors (Lipinski definition) is 6. The number of nitrogens with two attached hydrogens (primary N) is 1. The molecule has 7 nitrogen and oxygen atoms in total. The summed E-state index contributed by atoms with van der Waals surface area (Å²) in [6.45, 7) is 2.43. The minimum absolute atomic E-state index is 0.00490. The SMILES string of the molecule is CC(NC(=O)c1cccc(C(=O)N2CCCC2c2nccs2)c1)C(O)CN. The van der Waals surface area contributed by atoms with Gasteiger partial charge in [0, 0.05) is 35.8 Å². The zero-order valence-corrected chi connectivity index (χ0v) is 16.0. The lowest BCUT2D eigenvalue weighted by atomic mass is 10.1. The van der Waals surface area contributed by atoms with Crippen molar-refractivity contribution < 1.29 is 14.7 Å². The molecule has 1 aromatic carbocycles. The Balaban J connectivity index is 1.75. The molecule has 2 amide bonds. The molecule has 2 heterocycles. The van der Waals surface area contributed by atoms with E-state index in [1.165, 1.54) is 0 Å². The van der Waals surface area contributed by atoms with E-state index in [2.05, 4.69) is 10.3 Å². The molecule has 3 atom stereocenters. The molecule has 1 aliphatic heterocycles. The number of thiazole rings is 1. The Morgan fingerprint density at radius 3 is 2.93 bits per heavy atom. The van der Waals surface area contributed by atoms with Crippen LogP contribution in [0.15, 0.2) is 35.8 Å². The third-order valence-corrected chi connectivity index (χ3v) is 5.68. The zero-order chi connectivity index (χ0) is 19.4. The van der Waals surface area contributed by atoms with E-state index in [0.29, 0.717) is 17.7 Å². The number of rotatable bonds is 6. The number of carbonyl (C=O) groups is 2. The molecule has 3 unspecified atom stereocenters. The van der Waals surface area contributed by atoms with Crippen molar-refractivity contribution in [3.05, 3.63) is 52.0 Å². The monoisotopic (exact) mass is 388 g/mol. The number of aliphatic hydroxyl groups excluding tert-OH is 1. The van der Waals surface area contributed by atoms with E-state index >= 15 is 0 Å². The molecule has 1 aromatic heterocycles. The van der Waals surface area contributed by atoms with Crippen molar-refractivity contribution in [2.45, 2.75) is 38.0 Å². The van der Waals surface area contributed by atoms with Gasteiger partial charge < -0.3 is 21.1 Å². The van der Waals surface area contributed by atoms with Gasteiger partial charge in [-0.15, -0.1) is 11.3 Å². The van der Waals surface area contributed by atoms with Gasteiger partial charge in [-0.2, -0.15) is 0 Å². The summed E-state index contributed by atoms with van der Waals surface area (Å²) in [6.07, 6.45) is 2.77. The van der Waals surface area contributed by atoms with Gasteiger partial charge in [-0.3, -0.25) is 9.59 Å². The summed E-state index contributed by atoms with van der Waals surface area (Å²) < 4.78 is 0. The van der Waals surface area contributed by atoms with E-state index in [0.717, 1.165) is 17.8 Å². The summed E-state index contributed by atoms with van der Waals surface area (Å²) in [4.78, 5) is 31.6. The maximum atomic E-state index is 13.0. The van der Waals surface area contributed by atoms with E-state index in [9.17, 15) is 14.7 Å². The third kappa shape index (κ3) is 4.35. The fraction of sp³-hybridized carbons (Fsp3) is 0.421. The highest BCUT2D eigenvalue weighted by atomic mass is 32.1. The highest BCUT2D eigenvalue weighted by Crippen LogP contribution is 2.34. The maximum Gasteiger partial charge on any atom is 0.254 e. The Morgan fingerprint density at radius 2 is 2.22 bits per heavy atom. The zero-order valence-electron chi connectivity index (χ0n) is 15.2. The number of aromatic nitrogens is 1. The van der Waals surface area contributed by atoms with Crippen LogP contribution in [0.2, 0.25) is 0 Å².